The first-order chi connectivity index (χ1) is 59.2. The van der Waals surface area contributed by atoms with Gasteiger partial charge in [0.2, 0.25) is 0 Å². The van der Waals surface area contributed by atoms with Crippen molar-refractivity contribution in [1.29, 1.82) is 0 Å². The maximum absolute atomic E-state index is 4.28. The van der Waals surface area contributed by atoms with Crippen LogP contribution < -0.4 is 0 Å². The molecule has 0 unspecified atom stereocenters. The zero-order chi connectivity index (χ0) is 93.7. The van der Waals surface area contributed by atoms with Crippen LogP contribution in [0.25, 0.3) is 54.0 Å². The number of aromatic nitrogens is 16. The van der Waals surface area contributed by atoms with Crippen LogP contribution in [-0.2, 0) is 0 Å². The summed E-state index contributed by atoms with van der Waals surface area (Å²) in [6.45, 7) is 73.9. The summed E-state index contributed by atoms with van der Waals surface area (Å²) in [7, 11) is 0. The number of pyridine rings is 5. The summed E-state index contributed by atoms with van der Waals surface area (Å²) < 4.78 is 0. The van der Waals surface area contributed by atoms with Gasteiger partial charge in [-0.2, -0.15) is 0 Å². The van der Waals surface area contributed by atoms with Crippen LogP contribution in [0.5, 0.6) is 0 Å². The van der Waals surface area contributed by atoms with Gasteiger partial charge in [-0.15, -0.1) is 0 Å². The first-order valence-electron chi connectivity index (χ1n) is 43.6. The number of benzene rings is 6. The summed E-state index contributed by atoms with van der Waals surface area (Å²) in [4.78, 5) is 61.8. The van der Waals surface area contributed by atoms with Gasteiger partial charge in [0.05, 0.1) is 11.2 Å². The Morgan fingerprint density at radius 3 is 0.950 bits per heavy atom. The Morgan fingerprint density at radius 1 is 0.182 bits per heavy atom. The molecule has 0 atom stereocenters. The average Bonchev–Trinajstić information content (AvgIpc) is 0.746. The molecule has 10 aromatic heterocycles. The number of hydrogen-bond acceptors (Lipinski definition) is 16. The lowest BCUT2D eigenvalue weighted by Gasteiger charge is -2.11. The molecule has 0 spiro atoms. The molecule has 16 rings (SSSR count). The Kier molecular flexibility index (Phi) is 97.9. The van der Waals surface area contributed by atoms with Gasteiger partial charge in [0.15, 0.2) is 0 Å². The van der Waals surface area contributed by atoms with Crippen LogP contribution >= 0.6 is 0 Å². The quantitative estimate of drug-likeness (QED) is 0.129. The first-order valence-corrected chi connectivity index (χ1v) is 43.6. The van der Waals surface area contributed by atoms with Crippen LogP contribution in [0.3, 0.4) is 0 Å². The van der Waals surface area contributed by atoms with Crippen molar-refractivity contribution in [3.05, 3.63) is 350 Å². The van der Waals surface area contributed by atoms with E-state index in [4.69, 9.17) is 0 Å². The standard InChI is InChI=1S/C17H12.2C10H9N.3C6H7N.4C5H6N2.C4H5N3.13C2H6/c1-11-9-14-7-5-12-3-2-4-13-6-8-15(10-11)17(14)16(12)13;1-8-4-2-5-9-6-3-7-11-10(8)9;1-8-3-2-4-9-5-6-11-7-10(8)9;1-6-2-4-7-5-3-6;1-6-3-2-4-7-5-6;1-6-4-2-3-5-7-6;1-5-2-6-4-7-3-5;1-5-4-6-2-3-7-5;1-5-2-3-6-4-7-5;1-5-6-3-2-4-7-5;1-4-6-2-5-3-7-4;13*1-2/h2-10H,1H3;2*2-7H,1H3;3*2-5H,1H3;4*2-4H,1H3;2-3H,1H3;13*1-2H3. The molecule has 0 N–H and O–H groups in total. The van der Waals surface area contributed by atoms with Crippen molar-refractivity contribution in [1.82, 2.24) is 79.7 Å². The fraction of sp³-hybridized carbons (Fsp3) is 0.352. The molecular weight excluding hydrogens is 1490 g/mol. The number of hydrogen-bond donors (Lipinski definition) is 0. The molecule has 121 heavy (non-hydrogen) atoms. The highest BCUT2D eigenvalue weighted by Gasteiger charge is 2.07. The molecule has 0 fully saturated rings. The molecule has 0 saturated carbocycles. The average molecular weight is 1640 g/mol. The minimum atomic E-state index is 0.759. The van der Waals surface area contributed by atoms with Crippen LogP contribution in [0.2, 0.25) is 0 Å². The van der Waals surface area contributed by atoms with Gasteiger partial charge in [0, 0.05) is 121 Å². The number of fused-ring (bicyclic) bond motifs is 2. The highest BCUT2D eigenvalue weighted by atomic mass is 15.0. The summed E-state index contributed by atoms with van der Waals surface area (Å²) in [6.07, 6.45) is 34.3. The number of nitrogens with zero attached hydrogens (tertiary/aromatic N) is 16. The summed E-state index contributed by atoms with van der Waals surface area (Å²) in [5, 5.41) is 11.9. The largest absolute Gasteiger partial charge is 0.265 e. The summed E-state index contributed by atoms with van der Waals surface area (Å²) >= 11 is 0. The van der Waals surface area contributed by atoms with E-state index in [-0.39, 0.29) is 0 Å². The Morgan fingerprint density at radius 2 is 0.595 bits per heavy atom. The molecule has 0 saturated heterocycles. The van der Waals surface area contributed by atoms with Gasteiger partial charge in [-0.1, -0.05) is 289 Å². The van der Waals surface area contributed by atoms with E-state index in [2.05, 4.69) is 198 Å². The molecule has 16 heteroatoms. The maximum Gasteiger partial charge on any atom is 0.128 e. The van der Waals surface area contributed by atoms with Gasteiger partial charge in [0.1, 0.15) is 37.0 Å². The smallest absolute Gasteiger partial charge is 0.128 e. The van der Waals surface area contributed by atoms with E-state index in [1.807, 2.05) is 321 Å². The Bertz CT molecular complexity index is 4050. The molecule has 6 aromatic carbocycles. The monoisotopic (exact) mass is 1640 g/mol. The van der Waals surface area contributed by atoms with Crippen molar-refractivity contribution in [3.8, 4) is 0 Å². The van der Waals surface area contributed by atoms with Crippen LogP contribution in [0.4, 0.5) is 0 Å². The molecule has 16 aromatic rings. The van der Waals surface area contributed by atoms with Gasteiger partial charge < -0.3 is 0 Å². The second-order valence-corrected chi connectivity index (χ2v) is 21.2. The fourth-order valence-corrected chi connectivity index (χ4v) is 8.53. The van der Waals surface area contributed by atoms with Crippen LogP contribution in [0.15, 0.2) is 288 Å². The first kappa shape index (κ1) is 125. The molecule has 0 aliphatic rings. The SMILES string of the molecule is CC.CC.CC.CC.CC.CC.CC.CC.CC.CC.CC.CC.CC.Cc1cc2ccc3cccc4ccc(c1)c2c34.Cc1cccc2cccnc12.Cc1cccc2ccncc12.Cc1ccccn1.Cc1cccnc1.Cc1ccncc1.Cc1ccncn1.Cc1cnccn1.Cc1cncnc1.Cc1ncccn1.Cc1ncncn1. The molecule has 658 valence electrons. The third kappa shape index (κ3) is 63.7. The van der Waals surface area contributed by atoms with Crippen molar-refractivity contribution in [3.63, 3.8) is 0 Å². The van der Waals surface area contributed by atoms with Crippen molar-refractivity contribution >= 4 is 54.0 Å². The van der Waals surface area contributed by atoms with Gasteiger partial charge in [-0.05, 0) is 202 Å². The van der Waals surface area contributed by atoms with E-state index in [0.29, 0.717) is 0 Å². The molecule has 10 heterocycles. The summed E-state index contributed by atoms with van der Waals surface area (Å²) in [5.74, 6) is 1.58. The Hall–Kier alpha value is -12.0. The van der Waals surface area contributed by atoms with Gasteiger partial charge in [-0.3, -0.25) is 34.9 Å². The molecule has 0 bridgehead atoms. The third-order valence-electron chi connectivity index (χ3n) is 13.2. The zero-order valence-corrected chi connectivity index (χ0v) is 81.8. The molecular formula is C105H158N16. The van der Waals surface area contributed by atoms with Crippen molar-refractivity contribution < 1.29 is 0 Å². The predicted molar refractivity (Wildman–Crippen MR) is 534 cm³/mol. The second-order valence-electron chi connectivity index (χ2n) is 21.2. The topological polar surface area (TPSA) is 206 Å². The lowest BCUT2D eigenvalue weighted by molar-refractivity contribution is 0.974. The highest BCUT2D eigenvalue weighted by molar-refractivity contribution is 6.23. The molecule has 0 radical (unpaired) electrons. The summed E-state index contributed by atoms with van der Waals surface area (Å²) in [5.41, 5.74) is 11.6. The lowest BCUT2D eigenvalue weighted by atomic mass is 9.93. The number of para-hydroxylation sites is 1. The van der Waals surface area contributed by atoms with Crippen molar-refractivity contribution in [2.75, 3.05) is 0 Å². The molecule has 0 aliphatic carbocycles. The third-order valence-corrected chi connectivity index (χ3v) is 13.2. The Labute approximate surface area is 736 Å². The van der Waals surface area contributed by atoms with E-state index in [1.165, 1.54) is 102 Å². The molecule has 0 aliphatic heterocycles. The number of aryl methyl sites for hydroxylation is 11. The van der Waals surface area contributed by atoms with E-state index in [1.54, 1.807) is 80.4 Å². The minimum Gasteiger partial charge on any atom is -0.265 e. The van der Waals surface area contributed by atoms with Gasteiger partial charge in [0.25, 0.3) is 0 Å². The van der Waals surface area contributed by atoms with E-state index < -0.39 is 0 Å². The normalized spacial score (nSPS) is 8.21. The second kappa shape index (κ2) is 95.1. The van der Waals surface area contributed by atoms with Crippen LogP contribution in [0, 0.1) is 76.2 Å². The Balaban J connectivity index is -0.000000190. The fourth-order valence-electron chi connectivity index (χ4n) is 8.53. The van der Waals surface area contributed by atoms with Gasteiger partial charge in [-0.25, -0.2) is 44.9 Å². The van der Waals surface area contributed by atoms with Crippen molar-refractivity contribution in [2.24, 2.45) is 0 Å². The minimum absolute atomic E-state index is 0.759. The summed E-state index contributed by atoms with van der Waals surface area (Å²) in [6, 6.07) is 55.9. The van der Waals surface area contributed by atoms with E-state index in [9.17, 15) is 0 Å². The van der Waals surface area contributed by atoms with E-state index in [0.717, 1.165) is 39.8 Å². The van der Waals surface area contributed by atoms with E-state index >= 15 is 0 Å². The van der Waals surface area contributed by atoms with Crippen LogP contribution in [0.1, 0.15) is 242 Å². The molecule has 16 nitrogen and oxygen atoms in total. The highest BCUT2D eigenvalue weighted by Crippen LogP contribution is 2.35. The predicted octanol–water partition coefficient (Wildman–Crippen LogP) is 30.8. The molecule has 0 amide bonds. The van der Waals surface area contributed by atoms with Crippen LogP contribution in [-0.4, -0.2) is 79.7 Å². The number of rotatable bonds is 0. The zero-order valence-electron chi connectivity index (χ0n) is 81.8. The maximum atomic E-state index is 4.28. The van der Waals surface area contributed by atoms with Gasteiger partial charge >= 0.3 is 0 Å². The van der Waals surface area contributed by atoms with Crippen molar-refractivity contribution in [2.45, 2.75) is 256 Å². The lowest BCUT2D eigenvalue weighted by Crippen LogP contribution is -1.84.